The summed E-state index contributed by atoms with van der Waals surface area (Å²) >= 11 is 0. The maximum absolute atomic E-state index is 12.2. The number of carbonyl (C=O) groups excluding carboxylic acids is 1. The molecule has 1 aliphatic carbocycles. The van der Waals surface area contributed by atoms with Crippen LogP contribution in [0.4, 0.5) is 4.79 Å². The summed E-state index contributed by atoms with van der Waals surface area (Å²) in [7, 11) is 2.06. The van der Waals surface area contributed by atoms with E-state index in [2.05, 4.69) is 17.3 Å². The van der Waals surface area contributed by atoms with Gasteiger partial charge in [-0.1, -0.05) is 0 Å². The number of amides is 2. The zero-order valence-electron chi connectivity index (χ0n) is 12.4. The van der Waals surface area contributed by atoms with E-state index in [0.717, 1.165) is 19.4 Å². The topological polar surface area (TPSA) is 72.9 Å². The fourth-order valence-corrected chi connectivity index (χ4v) is 2.80. The lowest BCUT2D eigenvalue weighted by Crippen LogP contribution is -2.60. The number of rotatable bonds is 5. The van der Waals surface area contributed by atoms with E-state index in [1.54, 1.807) is 6.92 Å². The van der Waals surface area contributed by atoms with Gasteiger partial charge in [0.15, 0.2) is 0 Å². The van der Waals surface area contributed by atoms with Crippen molar-refractivity contribution in [2.24, 2.45) is 0 Å². The number of nitrogens with zero attached hydrogens (tertiary/aromatic N) is 2. The van der Waals surface area contributed by atoms with Crippen molar-refractivity contribution in [3.05, 3.63) is 0 Å². The van der Waals surface area contributed by atoms with Gasteiger partial charge >= 0.3 is 12.0 Å². The first-order valence-electron chi connectivity index (χ1n) is 7.44. The number of hydrogen-bond donors (Lipinski definition) is 2. The summed E-state index contributed by atoms with van der Waals surface area (Å²) < 4.78 is 0. The van der Waals surface area contributed by atoms with Crippen LogP contribution in [0.5, 0.6) is 0 Å². The van der Waals surface area contributed by atoms with Crippen LogP contribution in [0.15, 0.2) is 0 Å². The Hall–Kier alpha value is -1.30. The Morgan fingerprint density at radius 3 is 2.70 bits per heavy atom. The predicted octanol–water partition coefficient (Wildman–Crippen LogP) is 1.12. The van der Waals surface area contributed by atoms with Crippen LogP contribution >= 0.6 is 0 Å². The van der Waals surface area contributed by atoms with Crippen molar-refractivity contribution in [1.82, 2.24) is 15.1 Å². The van der Waals surface area contributed by atoms with Crippen LogP contribution in [0, 0.1) is 0 Å². The van der Waals surface area contributed by atoms with E-state index in [4.69, 9.17) is 0 Å². The van der Waals surface area contributed by atoms with Crippen molar-refractivity contribution >= 4 is 12.0 Å². The molecule has 0 radical (unpaired) electrons. The number of nitrogens with one attached hydrogen (secondary N) is 1. The van der Waals surface area contributed by atoms with E-state index in [9.17, 15) is 14.7 Å². The van der Waals surface area contributed by atoms with Crippen molar-refractivity contribution in [3.63, 3.8) is 0 Å². The first-order chi connectivity index (χ1) is 9.45. The van der Waals surface area contributed by atoms with Crippen molar-refractivity contribution in [2.75, 3.05) is 26.7 Å². The van der Waals surface area contributed by atoms with E-state index < -0.39 is 11.5 Å². The zero-order valence-corrected chi connectivity index (χ0v) is 12.4. The molecule has 1 atom stereocenters. The monoisotopic (exact) mass is 283 g/mol. The lowest BCUT2D eigenvalue weighted by molar-refractivity contribution is -0.150. The second kappa shape index (κ2) is 5.99. The minimum atomic E-state index is -1.06. The van der Waals surface area contributed by atoms with Gasteiger partial charge in [0, 0.05) is 25.7 Å². The normalized spacial score (nSPS) is 26.6. The van der Waals surface area contributed by atoms with Crippen LogP contribution in [0.3, 0.4) is 0 Å². The quantitative estimate of drug-likeness (QED) is 0.793. The molecule has 0 spiro atoms. The molecule has 6 nitrogen and oxygen atoms in total. The van der Waals surface area contributed by atoms with Crippen molar-refractivity contribution < 1.29 is 14.7 Å². The molecule has 114 valence electrons. The standard InChI is InChI=1S/C14H25N3O3/c1-14(12(18)19)7-3-4-9-17(14)13(20)15-8-10-16(2)11-5-6-11/h11H,3-10H2,1-2H3,(H,15,20)(H,18,19). The van der Waals surface area contributed by atoms with Crippen LogP contribution < -0.4 is 5.32 Å². The Balaban J connectivity index is 1.84. The Bertz CT molecular complexity index is 384. The zero-order chi connectivity index (χ0) is 14.8. The Kier molecular flexibility index (Phi) is 4.52. The first kappa shape index (κ1) is 15.1. The number of aliphatic carboxylic acids is 1. The van der Waals surface area contributed by atoms with Gasteiger partial charge in [-0.2, -0.15) is 0 Å². The van der Waals surface area contributed by atoms with Crippen LogP contribution in [0.2, 0.25) is 0 Å². The lowest BCUT2D eigenvalue weighted by atomic mass is 9.89. The molecule has 2 N–H and O–H groups in total. The average Bonchev–Trinajstić information content (AvgIpc) is 3.23. The highest BCUT2D eigenvalue weighted by atomic mass is 16.4. The van der Waals surface area contributed by atoms with Gasteiger partial charge < -0.3 is 20.2 Å². The molecule has 0 aromatic rings. The van der Waals surface area contributed by atoms with E-state index in [1.165, 1.54) is 17.7 Å². The Morgan fingerprint density at radius 2 is 2.10 bits per heavy atom. The van der Waals surface area contributed by atoms with E-state index >= 15 is 0 Å². The SMILES string of the molecule is CN(CCNC(=O)N1CCCCC1(C)C(=O)O)C1CC1. The fraction of sp³-hybridized carbons (Fsp3) is 0.857. The van der Waals surface area contributed by atoms with Gasteiger partial charge in [-0.15, -0.1) is 0 Å². The van der Waals surface area contributed by atoms with E-state index in [-0.39, 0.29) is 6.03 Å². The number of urea groups is 1. The smallest absolute Gasteiger partial charge is 0.329 e. The molecular weight excluding hydrogens is 258 g/mol. The van der Waals surface area contributed by atoms with Gasteiger partial charge in [-0.05, 0) is 46.1 Å². The summed E-state index contributed by atoms with van der Waals surface area (Å²) in [5, 5.41) is 12.2. The predicted molar refractivity (Wildman–Crippen MR) is 75.6 cm³/mol. The highest BCUT2D eigenvalue weighted by Gasteiger charge is 2.43. The average molecular weight is 283 g/mol. The minimum Gasteiger partial charge on any atom is -0.480 e. The second-order valence-corrected chi connectivity index (χ2v) is 6.13. The fourth-order valence-electron chi connectivity index (χ4n) is 2.80. The van der Waals surface area contributed by atoms with Crippen LogP contribution in [-0.2, 0) is 4.79 Å². The van der Waals surface area contributed by atoms with Gasteiger partial charge in [0.25, 0.3) is 0 Å². The van der Waals surface area contributed by atoms with E-state index in [0.29, 0.717) is 25.6 Å². The van der Waals surface area contributed by atoms with Crippen LogP contribution in [-0.4, -0.2) is 65.2 Å². The summed E-state index contributed by atoms with van der Waals surface area (Å²) in [5.41, 5.74) is -1.06. The molecule has 0 aromatic carbocycles. The summed E-state index contributed by atoms with van der Waals surface area (Å²) in [6.07, 6.45) is 4.74. The molecular formula is C14H25N3O3. The lowest BCUT2D eigenvalue weighted by Gasteiger charge is -2.41. The number of likely N-dealkylation sites (tertiary alicyclic amines) is 1. The number of likely N-dealkylation sites (N-methyl/N-ethyl adjacent to an activating group) is 1. The number of carbonyl (C=O) groups is 2. The maximum atomic E-state index is 12.2. The van der Waals surface area contributed by atoms with Gasteiger partial charge in [0.1, 0.15) is 5.54 Å². The van der Waals surface area contributed by atoms with Gasteiger partial charge in [-0.25, -0.2) is 9.59 Å². The molecule has 0 bridgehead atoms. The number of piperidine rings is 1. The molecule has 1 unspecified atom stereocenters. The summed E-state index contributed by atoms with van der Waals surface area (Å²) in [5.74, 6) is -0.914. The molecule has 6 heteroatoms. The number of carboxylic acid groups (broad SMARTS) is 1. The van der Waals surface area contributed by atoms with Crippen LogP contribution in [0.1, 0.15) is 39.0 Å². The number of carboxylic acids is 1. The van der Waals surface area contributed by atoms with Gasteiger partial charge in [0.2, 0.25) is 0 Å². The molecule has 2 rings (SSSR count). The molecule has 2 aliphatic rings. The highest BCUT2D eigenvalue weighted by molar-refractivity contribution is 5.86. The maximum Gasteiger partial charge on any atom is 0.329 e. The first-order valence-corrected chi connectivity index (χ1v) is 7.44. The van der Waals surface area contributed by atoms with E-state index in [1.807, 2.05) is 0 Å². The molecule has 1 saturated heterocycles. The Labute approximate surface area is 120 Å². The molecule has 0 aromatic heterocycles. The van der Waals surface area contributed by atoms with Gasteiger partial charge in [-0.3, -0.25) is 0 Å². The molecule has 2 fully saturated rings. The third-order valence-electron chi connectivity index (χ3n) is 4.51. The third-order valence-corrected chi connectivity index (χ3v) is 4.51. The second-order valence-electron chi connectivity index (χ2n) is 6.13. The number of hydrogen-bond acceptors (Lipinski definition) is 3. The molecule has 2 amide bonds. The Morgan fingerprint density at radius 1 is 1.40 bits per heavy atom. The molecule has 1 heterocycles. The summed E-state index contributed by atoms with van der Waals surface area (Å²) in [4.78, 5) is 27.4. The van der Waals surface area contributed by atoms with Crippen molar-refractivity contribution in [1.29, 1.82) is 0 Å². The molecule has 1 saturated carbocycles. The largest absolute Gasteiger partial charge is 0.480 e. The molecule has 20 heavy (non-hydrogen) atoms. The van der Waals surface area contributed by atoms with Crippen LogP contribution in [0.25, 0.3) is 0 Å². The third kappa shape index (κ3) is 3.23. The minimum absolute atomic E-state index is 0.251. The highest BCUT2D eigenvalue weighted by Crippen LogP contribution is 2.28. The summed E-state index contributed by atoms with van der Waals surface area (Å²) in [6, 6.07) is 0.421. The van der Waals surface area contributed by atoms with Gasteiger partial charge in [0.05, 0.1) is 0 Å². The summed E-state index contributed by atoms with van der Waals surface area (Å²) in [6.45, 7) is 3.55. The van der Waals surface area contributed by atoms with Crippen molar-refractivity contribution in [3.8, 4) is 0 Å². The molecule has 1 aliphatic heterocycles. The van der Waals surface area contributed by atoms with Crippen molar-refractivity contribution in [2.45, 2.75) is 50.6 Å².